The van der Waals surface area contributed by atoms with E-state index in [4.69, 9.17) is 16.3 Å². The number of carbonyl (C=O) groups excluding carboxylic acids is 1. The van der Waals surface area contributed by atoms with Crippen LogP contribution in [0.5, 0.6) is 5.75 Å². The second-order valence-corrected chi connectivity index (χ2v) is 6.56. The van der Waals surface area contributed by atoms with Gasteiger partial charge in [0, 0.05) is 24.7 Å². The quantitative estimate of drug-likeness (QED) is 0.803. The number of phenolic OH excluding ortho intramolecular Hbond substituents is 1. The van der Waals surface area contributed by atoms with Crippen molar-refractivity contribution in [2.24, 2.45) is 0 Å². The van der Waals surface area contributed by atoms with Gasteiger partial charge >= 0.3 is 0 Å². The Kier molecular flexibility index (Phi) is 5.91. The molecule has 6 heteroatoms. The number of anilines is 1. The predicted molar refractivity (Wildman–Crippen MR) is 97.8 cm³/mol. The molecule has 132 valence electrons. The van der Waals surface area contributed by atoms with E-state index in [9.17, 15) is 9.90 Å². The number of hydrogen-bond acceptors (Lipinski definition) is 4. The molecule has 0 spiro atoms. The van der Waals surface area contributed by atoms with Crippen molar-refractivity contribution in [1.29, 1.82) is 0 Å². The van der Waals surface area contributed by atoms with Gasteiger partial charge in [0.05, 0.1) is 24.8 Å². The van der Waals surface area contributed by atoms with Gasteiger partial charge < -0.3 is 15.2 Å². The van der Waals surface area contributed by atoms with Crippen LogP contribution in [-0.2, 0) is 16.1 Å². The van der Waals surface area contributed by atoms with Crippen molar-refractivity contribution < 1.29 is 14.6 Å². The largest absolute Gasteiger partial charge is 0.506 e. The Bertz CT molecular complexity index is 724. The molecule has 2 aromatic carbocycles. The third kappa shape index (κ3) is 5.19. The van der Waals surface area contributed by atoms with Gasteiger partial charge in [-0.15, -0.1) is 0 Å². The molecule has 1 amide bonds. The summed E-state index contributed by atoms with van der Waals surface area (Å²) in [5.74, 6) is -0.211. The maximum absolute atomic E-state index is 12.2. The zero-order chi connectivity index (χ0) is 17.6. The average molecular weight is 361 g/mol. The van der Waals surface area contributed by atoms with Gasteiger partial charge in [-0.25, -0.2) is 0 Å². The Labute approximate surface area is 152 Å². The van der Waals surface area contributed by atoms with Crippen LogP contribution in [0.4, 0.5) is 5.69 Å². The van der Waals surface area contributed by atoms with Crippen molar-refractivity contribution in [3.05, 3.63) is 59.1 Å². The first-order valence-corrected chi connectivity index (χ1v) is 8.64. The first-order chi connectivity index (χ1) is 12.1. The molecule has 2 N–H and O–H groups in total. The number of amides is 1. The minimum atomic E-state index is -0.205. The standard InChI is InChI=1S/C19H21ClN2O3/c20-15-6-7-18(23)17(10-15)21-19(24)11-16-13-22(8-9-25-16)12-14-4-2-1-3-5-14/h1-7,10,16,23H,8-9,11-13H2,(H,21,24). The highest BCUT2D eigenvalue weighted by atomic mass is 35.5. The highest BCUT2D eigenvalue weighted by molar-refractivity contribution is 6.31. The molecule has 0 saturated carbocycles. The monoisotopic (exact) mass is 360 g/mol. The van der Waals surface area contributed by atoms with Crippen LogP contribution in [0.15, 0.2) is 48.5 Å². The topological polar surface area (TPSA) is 61.8 Å². The fourth-order valence-corrected chi connectivity index (χ4v) is 3.08. The van der Waals surface area contributed by atoms with E-state index in [0.29, 0.717) is 23.9 Å². The smallest absolute Gasteiger partial charge is 0.227 e. The number of nitrogens with one attached hydrogen (secondary N) is 1. The van der Waals surface area contributed by atoms with E-state index in [1.165, 1.54) is 17.7 Å². The van der Waals surface area contributed by atoms with E-state index in [1.54, 1.807) is 6.07 Å². The molecule has 1 heterocycles. The van der Waals surface area contributed by atoms with Gasteiger partial charge in [-0.1, -0.05) is 41.9 Å². The van der Waals surface area contributed by atoms with E-state index in [-0.39, 0.29) is 24.2 Å². The van der Waals surface area contributed by atoms with Crippen LogP contribution in [0, 0.1) is 0 Å². The van der Waals surface area contributed by atoms with Crippen LogP contribution in [0.25, 0.3) is 0 Å². The molecule has 0 bridgehead atoms. The Morgan fingerprint density at radius 1 is 1.28 bits per heavy atom. The molecule has 1 fully saturated rings. The minimum absolute atomic E-state index is 0.00647. The molecule has 1 unspecified atom stereocenters. The van der Waals surface area contributed by atoms with Crippen molar-refractivity contribution in [2.45, 2.75) is 19.1 Å². The first-order valence-electron chi connectivity index (χ1n) is 8.26. The fraction of sp³-hybridized carbons (Fsp3) is 0.316. The van der Waals surface area contributed by atoms with Gasteiger partial charge in [-0.2, -0.15) is 0 Å². The summed E-state index contributed by atoms with van der Waals surface area (Å²) in [4.78, 5) is 14.5. The van der Waals surface area contributed by atoms with Crippen molar-refractivity contribution >= 4 is 23.2 Å². The van der Waals surface area contributed by atoms with Crippen molar-refractivity contribution in [1.82, 2.24) is 4.90 Å². The third-order valence-corrected chi connectivity index (χ3v) is 4.35. The summed E-state index contributed by atoms with van der Waals surface area (Å²) < 4.78 is 5.72. The second kappa shape index (κ2) is 8.34. The minimum Gasteiger partial charge on any atom is -0.506 e. The average Bonchev–Trinajstić information content (AvgIpc) is 2.59. The lowest BCUT2D eigenvalue weighted by molar-refractivity contribution is -0.121. The van der Waals surface area contributed by atoms with Crippen LogP contribution >= 0.6 is 11.6 Å². The number of nitrogens with zero attached hydrogens (tertiary/aromatic N) is 1. The Morgan fingerprint density at radius 2 is 2.08 bits per heavy atom. The van der Waals surface area contributed by atoms with Crippen LogP contribution in [0.3, 0.4) is 0 Å². The third-order valence-electron chi connectivity index (χ3n) is 4.12. The van der Waals surface area contributed by atoms with Crippen molar-refractivity contribution in [2.75, 3.05) is 25.0 Å². The predicted octanol–water partition coefficient (Wildman–Crippen LogP) is 3.28. The molecular weight excluding hydrogens is 340 g/mol. The van der Waals surface area contributed by atoms with Gasteiger partial charge in [0.1, 0.15) is 5.75 Å². The number of ether oxygens (including phenoxy) is 1. The maximum Gasteiger partial charge on any atom is 0.227 e. The van der Waals surface area contributed by atoms with Crippen LogP contribution in [-0.4, -0.2) is 41.7 Å². The lowest BCUT2D eigenvalue weighted by atomic mass is 10.1. The molecular formula is C19H21ClN2O3. The van der Waals surface area contributed by atoms with Crippen molar-refractivity contribution in [3.8, 4) is 5.75 Å². The molecule has 1 aliphatic rings. The molecule has 25 heavy (non-hydrogen) atoms. The SMILES string of the molecule is O=C(CC1CN(Cc2ccccc2)CCO1)Nc1cc(Cl)ccc1O. The van der Waals surface area contributed by atoms with E-state index in [1.807, 2.05) is 18.2 Å². The molecule has 1 atom stereocenters. The summed E-state index contributed by atoms with van der Waals surface area (Å²) >= 11 is 5.89. The molecule has 3 rings (SSSR count). The number of rotatable bonds is 5. The lowest BCUT2D eigenvalue weighted by Crippen LogP contribution is -2.43. The van der Waals surface area contributed by atoms with E-state index in [0.717, 1.165) is 13.1 Å². The Balaban J connectivity index is 1.53. The molecule has 0 aliphatic carbocycles. The zero-order valence-corrected chi connectivity index (χ0v) is 14.6. The van der Waals surface area contributed by atoms with Crippen LogP contribution < -0.4 is 5.32 Å². The maximum atomic E-state index is 12.2. The summed E-state index contributed by atoms with van der Waals surface area (Å²) in [5, 5.41) is 12.9. The Hall–Kier alpha value is -2.08. The number of morpholine rings is 1. The normalized spacial score (nSPS) is 18.0. The summed E-state index contributed by atoms with van der Waals surface area (Å²) in [6.07, 6.45) is 0.0656. The molecule has 0 radical (unpaired) electrons. The van der Waals surface area contributed by atoms with Gasteiger partial charge in [-0.05, 0) is 23.8 Å². The Morgan fingerprint density at radius 3 is 2.88 bits per heavy atom. The highest BCUT2D eigenvalue weighted by Gasteiger charge is 2.23. The zero-order valence-electron chi connectivity index (χ0n) is 13.8. The molecule has 0 aromatic heterocycles. The molecule has 5 nitrogen and oxygen atoms in total. The first kappa shape index (κ1) is 17.7. The van der Waals surface area contributed by atoms with Gasteiger partial charge in [0.15, 0.2) is 0 Å². The molecule has 1 aliphatic heterocycles. The van der Waals surface area contributed by atoms with E-state index >= 15 is 0 Å². The highest BCUT2D eigenvalue weighted by Crippen LogP contribution is 2.26. The summed E-state index contributed by atoms with van der Waals surface area (Å²) in [6, 6.07) is 14.8. The lowest BCUT2D eigenvalue weighted by Gasteiger charge is -2.32. The number of benzene rings is 2. The van der Waals surface area contributed by atoms with E-state index in [2.05, 4.69) is 22.3 Å². The molecule has 2 aromatic rings. The number of carbonyl (C=O) groups is 1. The second-order valence-electron chi connectivity index (χ2n) is 6.13. The molecule has 1 saturated heterocycles. The van der Waals surface area contributed by atoms with Gasteiger partial charge in [-0.3, -0.25) is 9.69 Å². The van der Waals surface area contributed by atoms with E-state index < -0.39 is 0 Å². The summed E-state index contributed by atoms with van der Waals surface area (Å²) in [6.45, 7) is 3.00. The fourth-order valence-electron chi connectivity index (χ4n) is 2.91. The summed E-state index contributed by atoms with van der Waals surface area (Å²) in [5.41, 5.74) is 1.56. The summed E-state index contributed by atoms with van der Waals surface area (Å²) in [7, 11) is 0. The van der Waals surface area contributed by atoms with Crippen LogP contribution in [0.1, 0.15) is 12.0 Å². The number of halogens is 1. The van der Waals surface area contributed by atoms with Crippen molar-refractivity contribution in [3.63, 3.8) is 0 Å². The number of hydrogen-bond donors (Lipinski definition) is 2. The number of aromatic hydroxyl groups is 1. The van der Waals surface area contributed by atoms with Gasteiger partial charge in [0.25, 0.3) is 0 Å². The van der Waals surface area contributed by atoms with Gasteiger partial charge in [0.2, 0.25) is 5.91 Å². The number of phenols is 1. The van der Waals surface area contributed by atoms with Crippen LogP contribution in [0.2, 0.25) is 5.02 Å².